The number of carbonyl (C=O) groups is 3. The van der Waals surface area contributed by atoms with Crippen LogP contribution in [0.1, 0.15) is 53.7 Å². The summed E-state index contributed by atoms with van der Waals surface area (Å²) in [6.07, 6.45) is 3.46. The van der Waals surface area contributed by atoms with Crippen molar-refractivity contribution >= 4 is 52.1 Å². The summed E-state index contributed by atoms with van der Waals surface area (Å²) in [5.74, 6) is -1.63. The number of hydrogen-bond acceptors (Lipinski definition) is 10. The Morgan fingerprint density at radius 3 is 2.62 bits per heavy atom. The van der Waals surface area contributed by atoms with Crippen LogP contribution in [0, 0.1) is 11.7 Å². The van der Waals surface area contributed by atoms with E-state index in [0.717, 1.165) is 4.88 Å². The first kappa shape index (κ1) is 32.7. The number of benzene rings is 2. The lowest BCUT2D eigenvalue weighted by atomic mass is 9.96. The number of nitrogens with one attached hydrogen (secondary N) is 2. The molecular formula is C32H28ClFN8O5S. The Labute approximate surface area is 281 Å². The molecule has 1 aliphatic rings. The minimum atomic E-state index is -0.787. The van der Waals surface area contributed by atoms with Gasteiger partial charge in [0.1, 0.15) is 6.33 Å². The van der Waals surface area contributed by atoms with Gasteiger partial charge in [-0.25, -0.2) is 14.2 Å². The number of amides is 2. The first-order valence-corrected chi connectivity index (χ1v) is 16.0. The third-order valence-corrected chi connectivity index (χ3v) is 9.69. The standard InChI is InChI=1S/C32H28ClFN8O5S/c1-16-5-4-6-24(41-14-35-23(13-27(41)44)28-25(42-15-36-39-40-42)10-9-21(33)29(28)34)26-12-20(30(48-26)17(2)43)19-8-7-18(37-32(46)47-3)11-22(19)38-31(16)45/h7-16,24H,4-6H2,1-3H3,(H,37,46)(H,38,45)/t16-,24+/m1/s1. The van der Waals surface area contributed by atoms with E-state index >= 15 is 4.39 Å². The summed E-state index contributed by atoms with van der Waals surface area (Å²) in [4.78, 5) is 57.6. The van der Waals surface area contributed by atoms with Crippen molar-refractivity contribution in [3.05, 3.63) is 86.1 Å². The van der Waals surface area contributed by atoms with E-state index in [1.165, 1.54) is 65.5 Å². The van der Waals surface area contributed by atoms with E-state index < -0.39 is 29.4 Å². The van der Waals surface area contributed by atoms with E-state index in [-0.39, 0.29) is 33.7 Å². The molecule has 0 unspecified atom stereocenters. The van der Waals surface area contributed by atoms with Crippen LogP contribution in [0.4, 0.5) is 20.6 Å². The highest BCUT2D eigenvalue weighted by Gasteiger charge is 2.27. The first-order valence-electron chi connectivity index (χ1n) is 14.8. The first-order chi connectivity index (χ1) is 23.0. The van der Waals surface area contributed by atoms with E-state index in [9.17, 15) is 19.2 Å². The zero-order chi connectivity index (χ0) is 34.1. The maximum absolute atomic E-state index is 15.4. The third-order valence-electron chi connectivity index (χ3n) is 8.06. The van der Waals surface area contributed by atoms with Gasteiger partial charge in [-0.1, -0.05) is 31.0 Å². The molecule has 2 aromatic carbocycles. The van der Waals surface area contributed by atoms with Gasteiger partial charge in [0.15, 0.2) is 11.6 Å². The van der Waals surface area contributed by atoms with Crippen molar-refractivity contribution in [2.24, 2.45) is 5.92 Å². The molecule has 6 rings (SSSR count). The van der Waals surface area contributed by atoms with E-state index in [0.29, 0.717) is 46.6 Å². The molecule has 0 radical (unpaired) electrons. The number of hydrogen-bond donors (Lipinski definition) is 2. The lowest BCUT2D eigenvalue weighted by molar-refractivity contribution is -0.119. The van der Waals surface area contributed by atoms with Crippen LogP contribution in [0.25, 0.3) is 28.1 Å². The van der Waals surface area contributed by atoms with Crippen molar-refractivity contribution in [1.29, 1.82) is 0 Å². The number of ketones is 1. The second kappa shape index (κ2) is 13.4. The maximum Gasteiger partial charge on any atom is 0.411 e. The monoisotopic (exact) mass is 690 g/mol. The van der Waals surface area contributed by atoms with Crippen molar-refractivity contribution in [2.45, 2.75) is 39.2 Å². The molecule has 246 valence electrons. The average Bonchev–Trinajstić information content (AvgIpc) is 3.76. The van der Waals surface area contributed by atoms with Gasteiger partial charge in [0.25, 0.3) is 5.56 Å². The molecule has 2 N–H and O–H groups in total. The average molecular weight is 691 g/mol. The summed E-state index contributed by atoms with van der Waals surface area (Å²) in [6.45, 7) is 3.25. The summed E-state index contributed by atoms with van der Waals surface area (Å²) in [5.41, 5.74) is 1.65. The van der Waals surface area contributed by atoms with Gasteiger partial charge >= 0.3 is 6.09 Å². The Morgan fingerprint density at radius 1 is 1.10 bits per heavy atom. The highest BCUT2D eigenvalue weighted by atomic mass is 35.5. The Kier molecular flexibility index (Phi) is 9.15. The molecule has 48 heavy (non-hydrogen) atoms. The second-order valence-corrected chi connectivity index (χ2v) is 12.7. The van der Waals surface area contributed by atoms with E-state index in [4.69, 9.17) is 16.3 Å². The van der Waals surface area contributed by atoms with Crippen LogP contribution in [-0.2, 0) is 9.53 Å². The number of tetrazole rings is 1. The molecular weight excluding hydrogens is 663 g/mol. The van der Waals surface area contributed by atoms with Gasteiger partial charge in [-0.15, -0.1) is 16.4 Å². The van der Waals surface area contributed by atoms with Gasteiger partial charge in [-0.05, 0) is 60.5 Å². The molecule has 0 saturated carbocycles. The zero-order valence-electron chi connectivity index (χ0n) is 25.9. The molecule has 3 aromatic heterocycles. The highest BCUT2D eigenvalue weighted by Crippen LogP contribution is 2.42. The molecule has 16 heteroatoms. The number of Topliss-reactive ketones (excluding diaryl/α,β-unsaturated/α-hetero) is 1. The Bertz CT molecular complexity index is 2120. The highest BCUT2D eigenvalue weighted by molar-refractivity contribution is 7.14. The van der Waals surface area contributed by atoms with Gasteiger partial charge in [0, 0.05) is 33.7 Å². The Hall–Kier alpha value is -5.28. The predicted molar refractivity (Wildman–Crippen MR) is 177 cm³/mol. The fourth-order valence-electron chi connectivity index (χ4n) is 5.62. The second-order valence-electron chi connectivity index (χ2n) is 11.2. The number of thiophene rings is 1. The molecule has 2 amide bonds. The van der Waals surface area contributed by atoms with Crippen molar-refractivity contribution in [3.63, 3.8) is 0 Å². The van der Waals surface area contributed by atoms with Gasteiger partial charge in [-0.3, -0.25) is 24.3 Å². The van der Waals surface area contributed by atoms with Crippen LogP contribution < -0.4 is 16.2 Å². The van der Waals surface area contributed by atoms with Gasteiger partial charge in [0.2, 0.25) is 5.91 Å². The van der Waals surface area contributed by atoms with Crippen molar-refractivity contribution in [2.75, 3.05) is 17.7 Å². The number of methoxy groups -OCH3 is 1. The fourth-order valence-corrected chi connectivity index (χ4v) is 6.98. The van der Waals surface area contributed by atoms with Crippen LogP contribution in [0.3, 0.4) is 0 Å². The Morgan fingerprint density at radius 2 is 1.92 bits per heavy atom. The van der Waals surface area contributed by atoms with E-state index in [1.54, 1.807) is 25.1 Å². The normalized spacial score (nSPS) is 16.2. The lowest BCUT2D eigenvalue weighted by Crippen LogP contribution is -2.26. The van der Waals surface area contributed by atoms with Crippen LogP contribution in [0.15, 0.2) is 59.9 Å². The zero-order valence-corrected chi connectivity index (χ0v) is 27.4. The predicted octanol–water partition coefficient (Wildman–Crippen LogP) is 6.14. The van der Waals surface area contributed by atoms with Gasteiger partial charge in [-0.2, -0.15) is 4.68 Å². The molecule has 0 aliphatic carbocycles. The minimum absolute atomic E-state index is 0.0294. The number of nitrogens with zero attached hydrogens (tertiary/aromatic N) is 6. The maximum atomic E-state index is 15.4. The molecule has 0 fully saturated rings. The quantitative estimate of drug-likeness (QED) is 0.206. The van der Waals surface area contributed by atoms with E-state index in [2.05, 4.69) is 31.1 Å². The summed E-state index contributed by atoms with van der Waals surface area (Å²) >= 11 is 7.36. The summed E-state index contributed by atoms with van der Waals surface area (Å²) < 4.78 is 22.8. The van der Waals surface area contributed by atoms with Crippen LogP contribution >= 0.6 is 22.9 Å². The molecule has 2 atom stereocenters. The minimum Gasteiger partial charge on any atom is -0.453 e. The summed E-state index contributed by atoms with van der Waals surface area (Å²) in [5, 5.41) is 16.5. The number of ether oxygens (including phenoxy) is 1. The third kappa shape index (κ3) is 6.33. The van der Waals surface area contributed by atoms with E-state index in [1.807, 2.05) is 6.07 Å². The molecule has 1 aliphatic heterocycles. The lowest BCUT2D eigenvalue weighted by Gasteiger charge is -2.21. The molecule has 0 spiro atoms. The molecule has 4 heterocycles. The van der Waals surface area contributed by atoms with Gasteiger partial charge in [0.05, 0.1) is 52.0 Å². The smallest absolute Gasteiger partial charge is 0.411 e. The number of aromatic nitrogens is 6. The van der Waals surface area contributed by atoms with Crippen molar-refractivity contribution in [1.82, 2.24) is 29.8 Å². The molecule has 0 saturated heterocycles. The topological polar surface area (TPSA) is 163 Å². The molecule has 13 nitrogen and oxygen atoms in total. The van der Waals surface area contributed by atoms with Crippen LogP contribution in [0.5, 0.6) is 0 Å². The largest absolute Gasteiger partial charge is 0.453 e. The van der Waals surface area contributed by atoms with Crippen molar-refractivity contribution < 1.29 is 23.5 Å². The van der Waals surface area contributed by atoms with Gasteiger partial charge < -0.3 is 10.1 Å². The summed E-state index contributed by atoms with van der Waals surface area (Å²) in [6, 6.07) is 10.3. The number of anilines is 2. The summed E-state index contributed by atoms with van der Waals surface area (Å²) in [7, 11) is 1.24. The van der Waals surface area contributed by atoms with Crippen LogP contribution in [0.2, 0.25) is 5.02 Å². The molecule has 2 bridgehead atoms. The van der Waals surface area contributed by atoms with Crippen LogP contribution in [-0.4, -0.2) is 54.7 Å². The SMILES string of the molecule is COC(=O)Nc1ccc2c(c1)NC(=O)[C@H](C)CCC[C@H](n1cnc(-c3c(-n4cnnn4)ccc(Cl)c3F)cc1=O)c1cc-2c(C(C)=O)s1. The number of carbonyl (C=O) groups excluding carboxylic acids is 3. The number of halogens is 2. The number of fused-ring (bicyclic) bond motifs is 4. The van der Waals surface area contributed by atoms with Crippen molar-refractivity contribution in [3.8, 4) is 28.1 Å². The molecule has 5 aromatic rings. The number of rotatable bonds is 5. The fraction of sp³-hybridized carbons (Fsp3) is 0.250. The Balaban J connectivity index is 1.48.